The maximum absolute atomic E-state index is 10.2. The summed E-state index contributed by atoms with van der Waals surface area (Å²) in [6.07, 6.45) is 10.9. The highest BCUT2D eigenvalue weighted by molar-refractivity contribution is 5.40. The van der Waals surface area contributed by atoms with Crippen LogP contribution in [0.2, 0.25) is 0 Å². The van der Waals surface area contributed by atoms with Gasteiger partial charge in [-0.1, -0.05) is 31.7 Å². The van der Waals surface area contributed by atoms with Crippen molar-refractivity contribution in [2.24, 2.45) is 11.3 Å². The van der Waals surface area contributed by atoms with Gasteiger partial charge in [0.1, 0.15) is 0 Å². The Labute approximate surface area is 122 Å². The van der Waals surface area contributed by atoms with Gasteiger partial charge in [-0.15, -0.1) is 0 Å². The zero-order valence-electron chi connectivity index (χ0n) is 13.0. The molecule has 3 atom stereocenters. The predicted octanol–water partition coefficient (Wildman–Crippen LogP) is 3.76. The lowest BCUT2D eigenvalue weighted by molar-refractivity contribution is 0.0120. The largest absolute Gasteiger partial charge is 0.393 e. The van der Waals surface area contributed by atoms with Gasteiger partial charge in [-0.2, -0.15) is 0 Å². The Morgan fingerprint density at radius 2 is 2.25 bits per heavy atom. The molecule has 112 valence electrons. The van der Waals surface area contributed by atoms with Crippen molar-refractivity contribution < 1.29 is 10.2 Å². The Morgan fingerprint density at radius 1 is 1.55 bits per heavy atom. The molecule has 2 rings (SSSR count). The zero-order chi connectivity index (χ0) is 15.0. The van der Waals surface area contributed by atoms with E-state index >= 15 is 0 Å². The smallest absolute Gasteiger partial charge is 0.0771 e. The molecule has 2 N–H and O–H groups in total. The quantitative estimate of drug-likeness (QED) is 0.768. The summed E-state index contributed by atoms with van der Waals surface area (Å²) in [6.45, 7) is 10.1. The molecule has 1 saturated carbocycles. The van der Waals surface area contributed by atoms with E-state index in [2.05, 4.69) is 19.6 Å². The second kappa shape index (κ2) is 5.50. The molecule has 0 spiro atoms. The van der Waals surface area contributed by atoms with Crippen LogP contribution in [-0.2, 0) is 0 Å². The first kappa shape index (κ1) is 15.5. The lowest BCUT2D eigenvalue weighted by atomic mass is 9.64. The van der Waals surface area contributed by atoms with Crippen LogP contribution < -0.4 is 0 Å². The van der Waals surface area contributed by atoms with Gasteiger partial charge >= 0.3 is 0 Å². The molecule has 20 heavy (non-hydrogen) atoms. The molecule has 0 aromatic rings. The van der Waals surface area contributed by atoms with E-state index < -0.39 is 5.60 Å². The van der Waals surface area contributed by atoms with Crippen LogP contribution in [0.4, 0.5) is 0 Å². The highest BCUT2D eigenvalue weighted by atomic mass is 16.3. The molecule has 0 aromatic heterocycles. The van der Waals surface area contributed by atoms with E-state index in [1.807, 2.05) is 12.2 Å². The minimum Gasteiger partial charge on any atom is -0.393 e. The maximum atomic E-state index is 10.2. The highest BCUT2D eigenvalue weighted by Gasteiger charge is 2.47. The van der Waals surface area contributed by atoms with Crippen LogP contribution in [0.25, 0.3) is 0 Å². The summed E-state index contributed by atoms with van der Waals surface area (Å²) >= 11 is 0. The summed E-state index contributed by atoms with van der Waals surface area (Å²) in [7, 11) is 0. The Balaban J connectivity index is 2.06. The monoisotopic (exact) mass is 276 g/mol. The van der Waals surface area contributed by atoms with Crippen molar-refractivity contribution in [3.05, 3.63) is 36.0 Å². The predicted molar refractivity (Wildman–Crippen MR) is 83.3 cm³/mol. The fraction of sp³-hybridized carbons (Fsp3) is 0.667. The number of allylic oxidation sites excluding steroid dienone is 4. The van der Waals surface area contributed by atoms with Crippen LogP contribution in [0.5, 0.6) is 0 Å². The number of hydrogen-bond acceptors (Lipinski definition) is 2. The van der Waals surface area contributed by atoms with Gasteiger partial charge in [-0.25, -0.2) is 0 Å². The second-order valence-corrected chi connectivity index (χ2v) is 7.20. The van der Waals surface area contributed by atoms with Gasteiger partial charge in [0, 0.05) is 0 Å². The summed E-state index contributed by atoms with van der Waals surface area (Å²) in [5, 5.41) is 19.9. The molecule has 2 aliphatic rings. The Bertz CT molecular complexity index is 439. The van der Waals surface area contributed by atoms with Crippen LogP contribution in [0.1, 0.15) is 52.9 Å². The van der Waals surface area contributed by atoms with Gasteiger partial charge in [0.25, 0.3) is 0 Å². The zero-order valence-corrected chi connectivity index (χ0v) is 13.0. The molecule has 1 fully saturated rings. The first-order chi connectivity index (χ1) is 9.24. The molecule has 0 radical (unpaired) electrons. The molecule has 0 bridgehead atoms. The summed E-state index contributed by atoms with van der Waals surface area (Å²) < 4.78 is 0. The number of aliphatic hydroxyl groups is 2. The molecule has 0 saturated heterocycles. The van der Waals surface area contributed by atoms with Crippen molar-refractivity contribution in [3.8, 4) is 0 Å². The van der Waals surface area contributed by atoms with Gasteiger partial charge in [-0.05, 0) is 68.4 Å². The third-order valence-electron chi connectivity index (χ3n) is 4.94. The number of rotatable bonds is 4. The molecule has 0 aliphatic heterocycles. The van der Waals surface area contributed by atoms with Crippen LogP contribution >= 0.6 is 0 Å². The normalized spacial score (nSPS) is 34.1. The van der Waals surface area contributed by atoms with Crippen molar-refractivity contribution >= 4 is 0 Å². The molecule has 0 heterocycles. The van der Waals surface area contributed by atoms with E-state index in [4.69, 9.17) is 0 Å². The van der Waals surface area contributed by atoms with Crippen molar-refractivity contribution in [3.63, 3.8) is 0 Å². The second-order valence-electron chi connectivity index (χ2n) is 7.20. The highest BCUT2D eigenvalue weighted by Crippen LogP contribution is 2.54. The number of hydrogen-bond donors (Lipinski definition) is 2. The van der Waals surface area contributed by atoms with E-state index in [0.717, 1.165) is 37.7 Å². The van der Waals surface area contributed by atoms with Gasteiger partial charge in [0.2, 0.25) is 0 Å². The summed E-state index contributed by atoms with van der Waals surface area (Å²) in [5.41, 5.74) is 1.79. The third kappa shape index (κ3) is 3.07. The fourth-order valence-corrected chi connectivity index (χ4v) is 3.87. The van der Waals surface area contributed by atoms with Crippen molar-refractivity contribution in [2.45, 2.75) is 64.6 Å². The molecule has 1 unspecified atom stereocenters. The van der Waals surface area contributed by atoms with Crippen molar-refractivity contribution in [1.29, 1.82) is 0 Å². The summed E-state index contributed by atoms with van der Waals surface area (Å²) in [4.78, 5) is 0. The first-order valence-corrected chi connectivity index (χ1v) is 7.71. The Morgan fingerprint density at radius 3 is 2.90 bits per heavy atom. The van der Waals surface area contributed by atoms with Gasteiger partial charge in [0.05, 0.1) is 11.7 Å². The molecular weight excluding hydrogens is 248 g/mol. The molecule has 0 aromatic carbocycles. The van der Waals surface area contributed by atoms with E-state index in [9.17, 15) is 10.2 Å². The lowest BCUT2D eigenvalue weighted by Gasteiger charge is -2.42. The fourth-order valence-electron chi connectivity index (χ4n) is 3.87. The maximum Gasteiger partial charge on any atom is 0.0771 e. The summed E-state index contributed by atoms with van der Waals surface area (Å²) in [5.74, 6) is 0.362. The molecule has 2 nitrogen and oxygen atoms in total. The standard InChI is InChI=1S/C18H28O2/c1-13(7-5-11-17(2,3)20)14-9-10-15-16(19)8-6-12-18(14,15)4/h5,9,11,15-16,19-20H,1,6-8,10,12H2,2-4H3/b11-5-/t15?,16-,18+/m0/s1. The SMILES string of the molecule is C=C(C/C=C\C(C)(C)O)C1=CCC2[C@@H](O)CCC[C@]12C. The van der Waals surface area contributed by atoms with E-state index in [-0.39, 0.29) is 11.5 Å². The molecule has 2 aliphatic carbocycles. The average molecular weight is 276 g/mol. The van der Waals surface area contributed by atoms with Gasteiger partial charge in [-0.3, -0.25) is 0 Å². The van der Waals surface area contributed by atoms with E-state index in [1.165, 1.54) is 5.57 Å². The van der Waals surface area contributed by atoms with Crippen LogP contribution in [0.15, 0.2) is 36.0 Å². The van der Waals surface area contributed by atoms with Crippen molar-refractivity contribution in [1.82, 2.24) is 0 Å². The average Bonchev–Trinajstić information content (AvgIpc) is 2.66. The van der Waals surface area contributed by atoms with Crippen LogP contribution in [-0.4, -0.2) is 21.9 Å². The molecule has 2 heteroatoms. The third-order valence-corrected chi connectivity index (χ3v) is 4.94. The lowest BCUT2D eigenvalue weighted by Crippen LogP contribution is -2.38. The number of fused-ring (bicyclic) bond motifs is 1. The van der Waals surface area contributed by atoms with E-state index in [0.29, 0.717) is 5.92 Å². The van der Waals surface area contributed by atoms with Gasteiger partial charge in [0.15, 0.2) is 0 Å². The van der Waals surface area contributed by atoms with E-state index in [1.54, 1.807) is 13.8 Å². The topological polar surface area (TPSA) is 40.5 Å². The number of aliphatic hydroxyl groups excluding tert-OH is 1. The molecular formula is C18H28O2. The van der Waals surface area contributed by atoms with Crippen LogP contribution in [0.3, 0.4) is 0 Å². The van der Waals surface area contributed by atoms with Gasteiger partial charge < -0.3 is 10.2 Å². The molecule has 0 amide bonds. The van der Waals surface area contributed by atoms with Crippen molar-refractivity contribution in [2.75, 3.05) is 0 Å². The Hall–Kier alpha value is -0.860. The first-order valence-electron chi connectivity index (χ1n) is 7.71. The minimum atomic E-state index is -0.766. The minimum absolute atomic E-state index is 0.0946. The van der Waals surface area contributed by atoms with Crippen LogP contribution in [0, 0.1) is 11.3 Å². The summed E-state index contributed by atoms with van der Waals surface area (Å²) in [6, 6.07) is 0. The Kier molecular flexibility index (Phi) is 4.27.